The Labute approximate surface area is 242 Å². The zero-order valence-electron chi connectivity index (χ0n) is 26.6. The van der Waals surface area contributed by atoms with Crippen LogP contribution in [0.25, 0.3) is 0 Å². The number of hydrogen-bond donors (Lipinski definition) is 1. The molecule has 0 aromatic rings. The predicted octanol–water partition coefficient (Wildman–Crippen LogP) is 5.64. The number of amides is 3. The lowest BCUT2D eigenvalue weighted by Crippen LogP contribution is -2.48. The second-order valence-corrected chi connectivity index (χ2v) is 14.2. The van der Waals surface area contributed by atoms with Gasteiger partial charge in [-0.3, -0.25) is 0 Å². The summed E-state index contributed by atoms with van der Waals surface area (Å²) < 4.78 is 17.0. The van der Waals surface area contributed by atoms with Crippen molar-refractivity contribution >= 4 is 18.3 Å². The van der Waals surface area contributed by atoms with E-state index in [4.69, 9.17) is 14.2 Å². The summed E-state index contributed by atoms with van der Waals surface area (Å²) in [7, 11) is 0. The van der Waals surface area contributed by atoms with E-state index in [1.165, 1.54) is 0 Å². The summed E-state index contributed by atoms with van der Waals surface area (Å²) >= 11 is 0. The van der Waals surface area contributed by atoms with E-state index in [1.54, 1.807) is 9.80 Å². The topological polar surface area (TPSA) is 101 Å². The second kappa shape index (κ2) is 14.6. The highest BCUT2D eigenvalue weighted by Crippen LogP contribution is 2.23. The average Bonchev–Trinajstić information content (AvgIpc) is 3.26. The fourth-order valence-corrected chi connectivity index (χ4v) is 4.99. The number of nitrogens with zero attached hydrogens (tertiary/aromatic N) is 3. The van der Waals surface area contributed by atoms with Crippen LogP contribution in [0.2, 0.25) is 0 Å². The fourth-order valence-electron chi connectivity index (χ4n) is 4.99. The normalized spacial score (nSPS) is 18.8. The van der Waals surface area contributed by atoms with Crippen LogP contribution in [0.3, 0.4) is 0 Å². The second-order valence-electron chi connectivity index (χ2n) is 14.2. The molecule has 0 radical (unpaired) electrons. The van der Waals surface area contributed by atoms with Gasteiger partial charge in [0.1, 0.15) is 16.8 Å². The van der Waals surface area contributed by atoms with E-state index in [9.17, 15) is 14.4 Å². The van der Waals surface area contributed by atoms with Gasteiger partial charge in [0.15, 0.2) is 0 Å². The van der Waals surface area contributed by atoms with E-state index in [0.29, 0.717) is 45.1 Å². The molecule has 0 aliphatic carbocycles. The van der Waals surface area contributed by atoms with Gasteiger partial charge in [-0.25, -0.2) is 14.4 Å². The maximum Gasteiger partial charge on any atom is 0.410 e. The van der Waals surface area contributed by atoms with Gasteiger partial charge in [-0.15, -0.1) is 0 Å². The van der Waals surface area contributed by atoms with Gasteiger partial charge in [-0.1, -0.05) is 0 Å². The lowest BCUT2D eigenvalue weighted by atomic mass is 9.97. The van der Waals surface area contributed by atoms with E-state index in [1.807, 2.05) is 67.2 Å². The standard InChI is InChI=1S/C30H56N4O6/c1-28(2,3)38-25(35)32(21-23-14-16-31-17-15-23)18-10-11-19-33(26(36)39-29(4,5)6)22-24-13-12-20-34(24)27(37)40-30(7,8)9/h23-24,31H,10-22H2,1-9H3/t24-/m0/s1. The number of carbonyl (C=O) groups excluding carboxylic acids is 3. The summed E-state index contributed by atoms with van der Waals surface area (Å²) in [5.74, 6) is 0.452. The summed E-state index contributed by atoms with van der Waals surface area (Å²) in [6.07, 6.45) is 4.17. The number of piperidine rings is 1. The first kappa shape index (κ1) is 34.0. The molecule has 2 rings (SSSR count). The van der Waals surface area contributed by atoms with Crippen LogP contribution in [0.15, 0.2) is 0 Å². The summed E-state index contributed by atoms with van der Waals surface area (Å²) in [4.78, 5) is 44.3. The molecule has 2 aliphatic rings. The number of rotatable bonds is 9. The van der Waals surface area contributed by atoms with Crippen molar-refractivity contribution in [3.05, 3.63) is 0 Å². The van der Waals surface area contributed by atoms with Gasteiger partial charge in [0.25, 0.3) is 0 Å². The van der Waals surface area contributed by atoms with Crippen molar-refractivity contribution in [1.29, 1.82) is 0 Å². The number of hydrogen-bond acceptors (Lipinski definition) is 7. The Balaban J connectivity index is 2.03. The molecule has 1 N–H and O–H groups in total. The first-order valence-corrected chi connectivity index (χ1v) is 15.1. The van der Waals surface area contributed by atoms with Crippen LogP contribution in [-0.2, 0) is 14.2 Å². The highest BCUT2D eigenvalue weighted by Gasteiger charge is 2.35. The highest BCUT2D eigenvalue weighted by molar-refractivity contribution is 5.70. The molecule has 1 atom stereocenters. The fraction of sp³-hybridized carbons (Fsp3) is 0.900. The molecule has 2 aliphatic heterocycles. The van der Waals surface area contributed by atoms with Crippen molar-refractivity contribution in [3.8, 4) is 0 Å². The van der Waals surface area contributed by atoms with Gasteiger partial charge in [0, 0.05) is 32.7 Å². The zero-order chi connectivity index (χ0) is 30.1. The van der Waals surface area contributed by atoms with Crippen molar-refractivity contribution in [2.24, 2.45) is 5.92 Å². The van der Waals surface area contributed by atoms with Gasteiger partial charge in [0.05, 0.1) is 6.04 Å². The molecule has 2 saturated heterocycles. The quantitative estimate of drug-likeness (QED) is 0.284. The highest BCUT2D eigenvalue weighted by atomic mass is 16.6. The zero-order valence-corrected chi connectivity index (χ0v) is 26.6. The molecular formula is C30H56N4O6. The first-order chi connectivity index (χ1) is 18.4. The van der Waals surface area contributed by atoms with Crippen LogP contribution in [0.5, 0.6) is 0 Å². The molecular weight excluding hydrogens is 512 g/mol. The number of unbranched alkanes of at least 4 members (excludes halogenated alkanes) is 1. The van der Waals surface area contributed by atoms with Gasteiger partial charge in [0.2, 0.25) is 0 Å². The van der Waals surface area contributed by atoms with E-state index < -0.39 is 16.8 Å². The number of ether oxygens (including phenoxy) is 3. The molecule has 10 nitrogen and oxygen atoms in total. The number of carbonyl (C=O) groups is 3. The van der Waals surface area contributed by atoms with Crippen LogP contribution in [-0.4, -0.2) is 102 Å². The third kappa shape index (κ3) is 13.0. The lowest BCUT2D eigenvalue weighted by Gasteiger charge is -2.34. The van der Waals surface area contributed by atoms with Gasteiger partial charge < -0.3 is 34.2 Å². The summed E-state index contributed by atoms with van der Waals surface area (Å²) in [6.45, 7) is 21.4. The largest absolute Gasteiger partial charge is 0.444 e. The molecule has 0 aromatic heterocycles. The molecule has 10 heteroatoms. The Morgan fingerprint density at radius 3 is 1.68 bits per heavy atom. The van der Waals surface area contributed by atoms with E-state index in [-0.39, 0.29) is 24.3 Å². The third-order valence-electron chi connectivity index (χ3n) is 6.78. The minimum Gasteiger partial charge on any atom is -0.444 e. The first-order valence-electron chi connectivity index (χ1n) is 15.1. The molecule has 0 spiro atoms. The summed E-state index contributed by atoms with van der Waals surface area (Å²) in [6, 6.07) is -0.124. The smallest absolute Gasteiger partial charge is 0.410 e. The molecule has 232 valence electrons. The Morgan fingerprint density at radius 1 is 0.725 bits per heavy atom. The molecule has 0 unspecified atom stereocenters. The van der Waals surface area contributed by atoms with Gasteiger partial charge in [-0.2, -0.15) is 0 Å². The summed E-state index contributed by atoms with van der Waals surface area (Å²) in [5.41, 5.74) is -1.76. The Kier molecular flexibility index (Phi) is 12.4. The monoisotopic (exact) mass is 568 g/mol. The molecule has 0 saturated carbocycles. The Morgan fingerprint density at radius 2 is 1.20 bits per heavy atom. The van der Waals surface area contributed by atoms with E-state index >= 15 is 0 Å². The number of nitrogens with one attached hydrogen (secondary N) is 1. The van der Waals surface area contributed by atoms with Crippen molar-refractivity contribution < 1.29 is 28.6 Å². The molecule has 0 aromatic carbocycles. The maximum atomic E-state index is 13.2. The molecule has 0 bridgehead atoms. The Hall–Kier alpha value is -2.23. The van der Waals surface area contributed by atoms with Gasteiger partial charge >= 0.3 is 18.3 Å². The molecule has 2 heterocycles. The minimum atomic E-state index is -0.627. The van der Waals surface area contributed by atoms with Crippen molar-refractivity contribution in [2.75, 3.05) is 45.8 Å². The van der Waals surface area contributed by atoms with Crippen LogP contribution in [0.4, 0.5) is 14.4 Å². The van der Waals surface area contributed by atoms with Crippen LogP contribution < -0.4 is 5.32 Å². The molecule has 3 amide bonds. The third-order valence-corrected chi connectivity index (χ3v) is 6.78. The van der Waals surface area contributed by atoms with Crippen LogP contribution >= 0.6 is 0 Å². The maximum absolute atomic E-state index is 13.2. The lowest BCUT2D eigenvalue weighted by molar-refractivity contribution is 0.00817. The van der Waals surface area contributed by atoms with Crippen molar-refractivity contribution in [3.63, 3.8) is 0 Å². The Bertz CT molecular complexity index is 824. The molecule has 40 heavy (non-hydrogen) atoms. The number of likely N-dealkylation sites (tertiary alicyclic amines) is 1. The van der Waals surface area contributed by atoms with E-state index in [2.05, 4.69) is 5.32 Å². The van der Waals surface area contributed by atoms with Gasteiger partial charge in [-0.05, 0) is 120 Å². The van der Waals surface area contributed by atoms with E-state index in [0.717, 1.165) is 45.2 Å². The predicted molar refractivity (Wildman–Crippen MR) is 156 cm³/mol. The minimum absolute atomic E-state index is 0.124. The average molecular weight is 569 g/mol. The SMILES string of the molecule is CC(C)(C)OC(=O)N(CCCCN(C[C@@H]1CCCN1C(=O)OC(C)(C)C)C(=O)OC(C)(C)C)CC1CCNCC1. The van der Waals surface area contributed by atoms with Crippen molar-refractivity contribution in [2.45, 2.75) is 124 Å². The van der Waals surface area contributed by atoms with Crippen molar-refractivity contribution in [1.82, 2.24) is 20.0 Å². The van der Waals surface area contributed by atoms with Crippen LogP contribution in [0, 0.1) is 5.92 Å². The van der Waals surface area contributed by atoms with Crippen LogP contribution in [0.1, 0.15) is 101 Å². The molecule has 2 fully saturated rings. The summed E-state index contributed by atoms with van der Waals surface area (Å²) in [5, 5.41) is 3.38.